The minimum atomic E-state index is -4.53. The van der Waals surface area contributed by atoms with Crippen LogP contribution in [-0.4, -0.2) is 53.0 Å². The number of nitrogens with two attached hydrogens (primary N) is 1. The topological polar surface area (TPSA) is 82.1 Å². The largest absolute Gasteiger partial charge is 0.409 e. The molecule has 0 aromatic rings. The van der Waals surface area contributed by atoms with E-state index in [1.54, 1.807) is 4.90 Å². The minimum absolute atomic E-state index is 0.0310. The fraction of sp³-hybridized carbons (Fsp3) is 0.909. The lowest BCUT2D eigenvalue weighted by atomic mass is 10.0. The maximum atomic E-state index is 12.9. The number of likely N-dealkylation sites (tertiary alicyclic amines) is 1. The highest BCUT2D eigenvalue weighted by Crippen LogP contribution is 2.30. The number of rotatable bonds is 6. The number of aliphatic hydroxyl groups excluding tert-OH is 1. The quantitative estimate of drug-likeness (QED) is 0.295. The van der Waals surface area contributed by atoms with Gasteiger partial charge in [-0.2, -0.15) is 13.2 Å². The van der Waals surface area contributed by atoms with Crippen LogP contribution in [0.4, 0.5) is 13.2 Å². The molecule has 0 spiro atoms. The Labute approximate surface area is 109 Å². The molecule has 0 radical (unpaired) electrons. The standard InChI is InChI=1S/C11H20F3N3O2/c12-11(13,14)9(10(15)16-19)7-17-5-1-3-8(17)4-2-6-18/h8-9,18-19H,1-7H2,(H2,15,16). The number of nitrogens with zero attached hydrogens (tertiary/aromatic N) is 2. The summed E-state index contributed by atoms with van der Waals surface area (Å²) in [6, 6.07) is 0.0310. The third kappa shape index (κ3) is 4.54. The van der Waals surface area contributed by atoms with Gasteiger partial charge >= 0.3 is 6.18 Å². The first-order valence-electron chi connectivity index (χ1n) is 6.29. The van der Waals surface area contributed by atoms with Crippen molar-refractivity contribution in [1.82, 2.24) is 4.90 Å². The molecule has 0 aromatic carbocycles. The fourth-order valence-corrected chi connectivity index (χ4v) is 2.46. The Morgan fingerprint density at radius 3 is 2.68 bits per heavy atom. The van der Waals surface area contributed by atoms with Crippen LogP contribution >= 0.6 is 0 Å². The lowest BCUT2D eigenvalue weighted by Gasteiger charge is -2.29. The molecule has 1 aliphatic rings. The van der Waals surface area contributed by atoms with Gasteiger partial charge in [0.2, 0.25) is 0 Å². The van der Waals surface area contributed by atoms with Crippen molar-refractivity contribution in [3.63, 3.8) is 0 Å². The Morgan fingerprint density at radius 2 is 2.16 bits per heavy atom. The molecule has 0 aromatic heterocycles. The van der Waals surface area contributed by atoms with E-state index in [0.29, 0.717) is 19.4 Å². The van der Waals surface area contributed by atoms with Gasteiger partial charge in [0.25, 0.3) is 0 Å². The van der Waals surface area contributed by atoms with E-state index in [4.69, 9.17) is 16.0 Å². The molecule has 0 amide bonds. The number of hydrogen-bond acceptors (Lipinski definition) is 4. The average Bonchev–Trinajstić information content (AvgIpc) is 2.78. The van der Waals surface area contributed by atoms with Gasteiger partial charge in [-0.15, -0.1) is 0 Å². The summed E-state index contributed by atoms with van der Waals surface area (Å²) in [5.41, 5.74) is 5.14. The first kappa shape index (κ1) is 16.0. The van der Waals surface area contributed by atoms with Crippen molar-refractivity contribution in [2.45, 2.75) is 37.9 Å². The Balaban J connectivity index is 2.68. The van der Waals surface area contributed by atoms with Crippen molar-refractivity contribution in [2.75, 3.05) is 19.7 Å². The van der Waals surface area contributed by atoms with E-state index in [2.05, 4.69) is 5.16 Å². The highest BCUT2D eigenvalue weighted by molar-refractivity contribution is 5.83. The van der Waals surface area contributed by atoms with E-state index in [1.165, 1.54) is 0 Å². The maximum Gasteiger partial charge on any atom is 0.400 e. The van der Waals surface area contributed by atoms with Gasteiger partial charge in [0.15, 0.2) is 5.84 Å². The number of aliphatic hydroxyl groups is 1. The highest BCUT2D eigenvalue weighted by atomic mass is 19.4. The van der Waals surface area contributed by atoms with Gasteiger partial charge < -0.3 is 16.0 Å². The van der Waals surface area contributed by atoms with E-state index in [-0.39, 0.29) is 19.2 Å². The molecule has 2 atom stereocenters. The number of alkyl halides is 3. The van der Waals surface area contributed by atoms with Crippen molar-refractivity contribution in [3.8, 4) is 0 Å². The molecule has 0 aliphatic carbocycles. The van der Waals surface area contributed by atoms with Crippen LogP contribution in [0.2, 0.25) is 0 Å². The Kier molecular flexibility index (Phi) is 5.86. The van der Waals surface area contributed by atoms with Gasteiger partial charge in [0.1, 0.15) is 5.92 Å². The third-order valence-electron chi connectivity index (χ3n) is 3.48. The predicted molar refractivity (Wildman–Crippen MR) is 63.9 cm³/mol. The first-order valence-corrected chi connectivity index (χ1v) is 6.29. The lowest BCUT2D eigenvalue weighted by molar-refractivity contribution is -0.160. The van der Waals surface area contributed by atoms with Gasteiger partial charge in [0, 0.05) is 19.2 Å². The monoisotopic (exact) mass is 283 g/mol. The van der Waals surface area contributed by atoms with Crippen LogP contribution in [0.3, 0.4) is 0 Å². The summed E-state index contributed by atoms with van der Waals surface area (Å²) in [4.78, 5) is 1.71. The fourth-order valence-electron chi connectivity index (χ4n) is 2.46. The van der Waals surface area contributed by atoms with Crippen LogP contribution in [0.15, 0.2) is 5.16 Å². The first-order chi connectivity index (χ1) is 8.90. The van der Waals surface area contributed by atoms with E-state index < -0.39 is 17.9 Å². The SMILES string of the molecule is NC(=NO)C(CN1CCCC1CCCO)C(F)(F)F. The van der Waals surface area contributed by atoms with Crippen molar-refractivity contribution < 1.29 is 23.5 Å². The number of amidine groups is 1. The predicted octanol–water partition coefficient (Wildman–Crippen LogP) is 1.15. The van der Waals surface area contributed by atoms with Gasteiger partial charge in [-0.1, -0.05) is 5.16 Å². The second-order valence-corrected chi connectivity index (χ2v) is 4.78. The molecular formula is C11H20F3N3O2. The third-order valence-corrected chi connectivity index (χ3v) is 3.48. The molecule has 1 aliphatic heterocycles. The zero-order valence-corrected chi connectivity index (χ0v) is 10.6. The molecule has 112 valence electrons. The van der Waals surface area contributed by atoms with Gasteiger partial charge in [-0.25, -0.2) is 0 Å². The molecular weight excluding hydrogens is 263 g/mol. The van der Waals surface area contributed by atoms with Crippen molar-refractivity contribution in [1.29, 1.82) is 0 Å². The molecule has 1 fully saturated rings. The lowest BCUT2D eigenvalue weighted by Crippen LogP contribution is -2.45. The Hall–Kier alpha value is -1.02. The van der Waals surface area contributed by atoms with Crippen LogP contribution in [0, 0.1) is 5.92 Å². The van der Waals surface area contributed by atoms with E-state index in [0.717, 1.165) is 12.8 Å². The Bertz CT molecular complexity index is 310. The molecule has 8 heteroatoms. The zero-order valence-electron chi connectivity index (χ0n) is 10.6. The van der Waals surface area contributed by atoms with Crippen LogP contribution in [0.5, 0.6) is 0 Å². The summed E-state index contributed by atoms with van der Waals surface area (Å²) in [6.07, 6.45) is -1.64. The zero-order chi connectivity index (χ0) is 14.5. The van der Waals surface area contributed by atoms with E-state index >= 15 is 0 Å². The molecule has 0 bridgehead atoms. The molecule has 4 N–H and O–H groups in total. The second kappa shape index (κ2) is 6.95. The smallest absolute Gasteiger partial charge is 0.400 e. The molecule has 0 saturated carbocycles. The van der Waals surface area contributed by atoms with Crippen molar-refractivity contribution in [2.24, 2.45) is 16.8 Å². The average molecular weight is 283 g/mol. The minimum Gasteiger partial charge on any atom is -0.409 e. The molecule has 2 unspecified atom stereocenters. The maximum absolute atomic E-state index is 12.9. The second-order valence-electron chi connectivity index (χ2n) is 4.78. The highest BCUT2D eigenvalue weighted by Gasteiger charge is 2.44. The summed E-state index contributed by atoms with van der Waals surface area (Å²) >= 11 is 0. The van der Waals surface area contributed by atoms with Crippen molar-refractivity contribution in [3.05, 3.63) is 0 Å². The van der Waals surface area contributed by atoms with Crippen LogP contribution in [-0.2, 0) is 0 Å². The van der Waals surface area contributed by atoms with Crippen LogP contribution < -0.4 is 5.73 Å². The summed E-state index contributed by atoms with van der Waals surface area (Å²) in [5.74, 6) is -2.76. The molecule has 19 heavy (non-hydrogen) atoms. The van der Waals surface area contributed by atoms with Crippen molar-refractivity contribution >= 4 is 5.84 Å². The summed E-state index contributed by atoms with van der Waals surface area (Å²) in [5, 5.41) is 19.7. The molecule has 5 nitrogen and oxygen atoms in total. The van der Waals surface area contributed by atoms with Crippen LogP contribution in [0.25, 0.3) is 0 Å². The number of oxime groups is 1. The van der Waals surface area contributed by atoms with Crippen LogP contribution in [0.1, 0.15) is 25.7 Å². The molecule has 1 heterocycles. The van der Waals surface area contributed by atoms with Gasteiger partial charge in [-0.05, 0) is 32.2 Å². The summed E-state index contributed by atoms with van der Waals surface area (Å²) in [7, 11) is 0. The molecule has 1 rings (SSSR count). The number of hydrogen-bond donors (Lipinski definition) is 3. The van der Waals surface area contributed by atoms with E-state index in [9.17, 15) is 13.2 Å². The number of halogens is 3. The van der Waals surface area contributed by atoms with Gasteiger partial charge in [-0.3, -0.25) is 4.90 Å². The van der Waals surface area contributed by atoms with Gasteiger partial charge in [0.05, 0.1) is 0 Å². The summed E-state index contributed by atoms with van der Waals surface area (Å²) in [6.45, 7) is 0.310. The van der Waals surface area contributed by atoms with E-state index in [1.807, 2.05) is 0 Å². The Morgan fingerprint density at radius 1 is 1.47 bits per heavy atom. The summed E-state index contributed by atoms with van der Waals surface area (Å²) < 4.78 is 38.6. The molecule has 1 saturated heterocycles. The normalized spacial score (nSPS) is 23.8.